The lowest BCUT2D eigenvalue weighted by Gasteiger charge is -2.20. The van der Waals surface area contributed by atoms with E-state index in [1.165, 1.54) is 347 Å². The molecule has 0 fully saturated rings. The standard InChI is InChI=1S/C74H143NO5/c1-3-5-7-9-11-13-15-17-19-36-40-44-48-52-56-60-64-68-74(79)80-69-65-61-57-53-49-45-41-38-35-33-31-29-27-25-23-21-20-22-24-26-28-30-32-34-37-39-43-47-51-55-59-63-67-73(78)75-71(70-76)72(77)66-62-58-54-50-46-42-18-16-14-12-10-8-6-4-2/h23,25,62,66,71-72,76-77H,3-22,24,26-61,63-65,67-70H2,1-2H3,(H,75,78)/b25-23-,66-62+. The third-order valence-corrected chi connectivity index (χ3v) is 17.2. The zero-order valence-electron chi connectivity index (χ0n) is 54.3. The topological polar surface area (TPSA) is 95.9 Å². The third-order valence-electron chi connectivity index (χ3n) is 17.2. The van der Waals surface area contributed by atoms with Crippen LogP contribution in [0.25, 0.3) is 0 Å². The Hall–Kier alpha value is -1.66. The molecule has 80 heavy (non-hydrogen) atoms. The number of ether oxygens (including phenoxy) is 1. The molecule has 6 heteroatoms. The maximum absolute atomic E-state index is 12.5. The third kappa shape index (κ3) is 65.5. The predicted molar refractivity (Wildman–Crippen MR) is 352 cm³/mol. The quantitative estimate of drug-likeness (QED) is 0.0320. The first kappa shape index (κ1) is 78.3. The number of hydrogen-bond acceptors (Lipinski definition) is 5. The second-order valence-electron chi connectivity index (χ2n) is 25.3. The van der Waals surface area contributed by atoms with Gasteiger partial charge in [0, 0.05) is 12.8 Å². The molecule has 1 amide bonds. The van der Waals surface area contributed by atoms with Crippen molar-refractivity contribution in [3.8, 4) is 0 Å². The average Bonchev–Trinajstić information content (AvgIpc) is 3.46. The van der Waals surface area contributed by atoms with Gasteiger partial charge in [-0.2, -0.15) is 0 Å². The fourth-order valence-corrected chi connectivity index (χ4v) is 11.6. The highest BCUT2D eigenvalue weighted by Crippen LogP contribution is 2.19. The van der Waals surface area contributed by atoms with E-state index in [0.29, 0.717) is 19.4 Å². The minimum Gasteiger partial charge on any atom is -0.466 e. The molecule has 0 aliphatic heterocycles. The number of hydrogen-bond donors (Lipinski definition) is 3. The second kappa shape index (κ2) is 69.8. The highest BCUT2D eigenvalue weighted by atomic mass is 16.5. The molecule has 3 N–H and O–H groups in total. The first-order valence-electron chi connectivity index (χ1n) is 36.6. The van der Waals surface area contributed by atoms with Crippen molar-refractivity contribution >= 4 is 11.9 Å². The van der Waals surface area contributed by atoms with Crippen LogP contribution < -0.4 is 5.32 Å². The molecule has 0 radical (unpaired) electrons. The van der Waals surface area contributed by atoms with Gasteiger partial charge in [-0.1, -0.05) is 366 Å². The number of aliphatic hydroxyl groups excluding tert-OH is 2. The Morgan fingerprint density at radius 3 is 0.887 bits per heavy atom. The molecule has 0 bridgehead atoms. The smallest absolute Gasteiger partial charge is 0.305 e. The Labute approximate surface area is 501 Å². The van der Waals surface area contributed by atoms with Crippen molar-refractivity contribution < 1.29 is 24.5 Å². The summed E-state index contributed by atoms with van der Waals surface area (Å²) < 4.78 is 5.51. The van der Waals surface area contributed by atoms with Gasteiger partial charge in [-0.3, -0.25) is 9.59 Å². The van der Waals surface area contributed by atoms with Gasteiger partial charge in [0.05, 0.1) is 25.4 Å². The van der Waals surface area contributed by atoms with E-state index in [0.717, 1.165) is 38.5 Å². The first-order chi connectivity index (χ1) is 39.5. The number of nitrogens with one attached hydrogen (secondary N) is 1. The number of carbonyl (C=O) groups excluding carboxylic acids is 2. The van der Waals surface area contributed by atoms with E-state index in [-0.39, 0.29) is 18.5 Å². The molecule has 0 heterocycles. The maximum atomic E-state index is 12.5. The summed E-state index contributed by atoms with van der Waals surface area (Å²) in [6.45, 7) is 4.94. The molecule has 6 nitrogen and oxygen atoms in total. The van der Waals surface area contributed by atoms with Crippen LogP contribution >= 0.6 is 0 Å². The summed E-state index contributed by atoms with van der Waals surface area (Å²) in [5.74, 6) is -0.0405. The van der Waals surface area contributed by atoms with E-state index in [4.69, 9.17) is 4.74 Å². The van der Waals surface area contributed by atoms with Gasteiger partial charge in [0.1, 0.15) is 0 Å². The number of allylic oxidation sites excluding steroid dienone is 3. The van der Waals surface area contributed by atoms with Crippen molar-refractivity contribution in [2.24, 2.45) is 0 Å². The minimum atomic E-state index is -0.842. The van der Waals surface area contributed by atoms with Gasteiger partial charge in [0.25, 0.3) is 0 Å². The van der Waals surface area contributed by atoms with Gasteiger partial charge in [0.15, 0.2) is 0 Å². The molecule has 0 saturated carbocycles. The van der Waals surface area contributed by atoms with Crippen molar-refractivity contribution in [1.29, 1.82) is 0 Å². The number of esters is 1. The molecule has 2 atom stereocenters. The zero-order chi connectivity index (χ0) is 57.8. The summed E-state index contributed by atoms with van der Waals surface area (Å²) in [5, 5.41) is 23.1. The van der Waals surface area contributed by atoms with Crippen LogP contribution in [0, 0.1) is 0 Å². The number of amides is 1. The molecule has 474 valence electrons. The summed E-state index contributed by atoms with van der Waals surface area (Å²) >= 11 is 0. The molecule has 0 aromatic carbocycles. The van der Waals surface area contributed by atoms with E-state index in [9.17, 15) is 19.8 Å². The summed E-state index contributed by atoms with van der Waals surface area (Å²) in [6.07, 6.45) is 88.5. The van der Waals surface area contributed by atoms with Crippen molar-refractivity contribution in [2.45, 2.75) is 424 Å². The van der Waals surface area contributed by atoms with Gasteiger partial charge in [0.2, 0.25) is 5.91 Å². The summed E-state index contributed by atoms with van der Waals surface area (Å²) in [7, 11) is 0. The molecule has 0 spiro atoms. The second-order valence-corrected chi connectivity index (χ2v) is 25.3. The Kier molecular flexibility index (Phi) is 68.4. The number of carbonyl (C=O) groups is 2. The minimum absolute atomic E-state index is 0.0226. The van der Waals surface area contributed by atoms with Crippen LogP contribution in [0.2, 0.25) is 0 Å². The predicted octanol–water partition coefficient (Wildman–Crippen LogP) is 23.7. The highest BCUT2D eigenvalue weighted by Gasteiger charge is 2.18. The normalized spacial score (nSPS) is 12.6. The Morgan fingerprint density at radius 1 is 0.338 bits per heavy atom. The SMILES string of the molecule is CCCCCCCCCCCCCC/C=C/C(O)C(CO)NC(=O)CCCCCCCCCCCCCCCCCC/C=C\CCCCCCCCCCCCCCOC(=O)CCCCCCCCCCCCCCCCCCC. The van der Waals surface area contributed by atoms with E-state index >= 15 is 0 Å². The number of unbranched alkanes of at least 4 members (excludes halogenated alkanes) is 56. The van der Waals surface area contributed by atoms with E-state index in [1.54, 1.807) is 6.08 Å². The fraction of sp³-hybridized carbons (Fsp3) is 0.919. The summed E-state index contributed by atoms with van der Waals surface area (Å²) in [5.41, 5.74) is 0. The van der Waals surface area contributed by atoms with Gasteiger partial charge in [-0.15, -0.1) is 0 Å². The lowest BCUT2D eigenvalue weighted by molar-refractivity contribution is -0.143. The summed E-state index contributed by atoms with van der Waals surface area (Å²) in [6, 6.07) is -0.625. The molecule has 0 saturated heterocycles. The molecule has 0 aliphatic carbocycles. The van der Waals surface area contributed by atoms with E-state index in [1.807, 2.05) is 6.08 Å². The van der Waals surface area contributed by atoms with Crippen LogP contribution in [-0.2, 0) is 14.3 Å². The van der Waals surface area contributed by atoms with Crippen LogP contribution in [0.15, 0.2) is 24.3 Å². The van der Waals surface area contributed by atoms with Crippen molar-refractivity contribution in [2.75, 3.05) is 13.2 Å². The van der Waals surface area contributed by atoms with Crippen molar-refractivity contribution in [1.82, 2.24) is 5.32 Å². The molecular formula is C74H143NO5. The molecule has 0 aromatic rings. The van der Waals surface area contributed by atoms with Crippen LogP contribution in [0.5, 0.6) is 0 Å². The molecule has 0 aliphatic rings. The first-order valence-corrected chi connectivity index (χ1v) is 36.6. The Bertz CT molecular complexity index is 1250. The van der Waals surface area contributed by atoms with Crippen LogP contribution in [-0.4, -0.2) is 47.4 Å². The zero-order valence-corrected chi connectivity index (χ0v) is 54.3. The van der Waals surface area contributed by atoms with Crippen molar-refractivity contribution in [3.63, 3.8) is 0 Å². The maximum Gasteiger partial charge on any atom is 0.305 e. The fourth-order valence-electron chi connectivity index (χ4n) is 11.6. The average molecular weight is 1130 g/mol. The van der Waals surface area contributed by atoms with Gasteiger partial charge in [-0.05, 0) is 57.8 Å². The Balaban J connectivity index is 3.34. The molecule has 0 rings (SSSR count). The monoisotopic (exact) mass is 1130 g/mol. The highest BCUT2D eigenvalue weighted by molar-refractivity contribution is 5.76. The summed E-state index contributed by atoms with van der Waals surface area (Å²) in [4.78, 5) is 24.6. The van der Waals surface area contributed by atoms with Crippen LogP contribution in [0.4, 0.5) is 0 Å². The Morgan fingerprint density at radius 2 is 0.588 bits per heavy atom. The molecule has 0 aromatic heterocycles. The van der Waals surface area contributed by atoms with Crippen molar-refractivity contribution in [3.05, 3.63) is 24.3 Å². The largest absolute Gasteiger partial charge is 0.466 e. The van der Waals surface area contributed by atoms with E-state index < -0.39 is 12.1 Å². The van der Waals surface area contributed by atoms with Gasteiger partial charge >= 0.3 is 5.97 Å². The van der Waals surface area contributed by atoms with Crippen LogP contribution in [0.3, 0.4) is 0 Å². The molecular weight excluding hydrogens is 983 g/mol. The lowest BCUT2D eigenvalue weighted by atomic mass is 10.0. The van der Waals surface area contributed by atoms with E-state index in [2.05, 4.69) is 31.3 Å². The number of rotatable bonds is 69. The number of aliphatic hydroxyl groups is 2. The lowest BCUT2D eigenvalue weighted by Crippen LogP contribution is -2.45. The van der Waals surface area contributed by atoms with Gasteiger partial charge in [-0.25, -0.2) is 0 Å². The molecule has 2 unspecified atom stereocenters. The van der Waals surface area contributed by atoms with Crippen LogP contribution in [0.1, 0.15) is 412 Å². The van der Waals surface area contributed by atoms with Gasteiger partial charge < -0.3 is 20.3 Å².